The average Bonchev–Trinajstić information content (AvgIpc) is 2.31. The number of nitrogen functional groups attached to an aromatic ring is 1. The number of anilines is 1. The molecule has 0 radical (unpaired) electrons. The number of carbonyl (C=O) groups excluding carboxylic acids is 1. The number of rotatable bonds is 5. The smallest absolute Gasteiger partial charge is 0.243 e. The van der Waals surface area contributed by atoms with E-state index in [-0.39, 0.29) is 12.2 Å². The first-order chi connectivity index (χ1) is 8.97. The van der Waals surface area contributed by atoms with E-state index >= 15 is 0 Å². The number of nitrogens with one attached hydrogen (secondary N) is 1. The second-order valence-electron chi connectivity index (χ2n) is 5.21. The van der Waals surface area contributed by atoms with E-state index in [2.05, 4.69) is 4.72 Å². The lowest BCUT2D eigenvalue weighted by molar-refractivity contribution is -0.125. The third kappa shape index (κ3) is 3.45. The monoisotopic (exact) mass is 303 g/mol. The van der Waals surface area contributed by atoms with Crippen LogP contribution >= 0.6 is 0 Å². The van der Waals surface area contributed by atoms with Crippen LogP contribution in [0.4, 0.5) is 10.1 Å². The standard InChI is InChI=1S/C12H18FN3O3S/c1-7-4-8(13)10(5-9(7)14)20(18,19)16-6-12(2,3)11(15)17/h4-5,16H,6,14H2,1-3H3,(H2,15,17). The molecule has 6 nitrogen and oxygen atoms in total. The highest BCUT2D eigenvalue weighted by molar-refractivity contribution is 7.89. The van der Waals surface area contributed by atoms with Gasteiger partial charge in [-0.15, -0.1) is 0 Å². The minimum absolute atomic E-state index is 0.168. The van der Waals surface area contributed by atoms with Crippen molar-refractivity contribution >= 4 is 21.6 Å². The predicted octanol–water partition coefficient (Wildman–Crippen LogP) is 0.506. The molecule has 0 spiro atoms. The van der Waals surface area contributed by atoms with E-state index in [1.165, 1.54) is 13.8 Å². The zero-order valence-corrected chi connectivity index (χ0v) is 12.3. The molecule has 0 aliphatic carbocycles. The SMILES string of the molecule is Cc1cc(F)c(S(=O)(=O)NCC(C)(C)C(N)=O)cc1N. The van der Waals surface area contributed by atoms with Gasteiger partial charge in [0.15, 0.2) is 0 Å². The molecule has 0 aliphatic heterocycles. The maximum absolute atomic E-state index is 13.7. The zero-order valence-electron chi connectivity index (χ0n) is 11.5. The summed E-state index contributed by atoms with van der Waals surface area (Å²) in [7, 11) is -4.11. The minimum Gasteiger partial charge on any atom is -0.398 e. The van der Waals surface area contributed by atoms with Gasteiger partial charge in [-0.1, -0.05) is 0 Å². The largest absolute Gasteiger partial charge is 0.398 e. The number of benzene rings is 1. The van der Waals surface area contributed by atoms with E-state index in [1.807, 2.05) is 0 Å². The summed E-state index contributed by atoms with van der Waals surface area (Å²) in [5, 5.41) is 0. The summed E-state index contributed by atoms with van der Waals surface area (Å²) in [6, 6.07) is 2.09. The molecule has 8 heteroatoms. The topological polar surface area (TPSA) is 115 Å². The first kappa shape index (κ1) is 16.4. The molecule has 0 unspecified atom stereocenters. The van der Waals surface area contributed by atoms with Gasteiger partial charge in [-0.05, 0) is 38.5 Å². The molecule has 1 aromatic rings. The van der Waals surface area contributed by atoms with Gasteiger partial charge in [0.05, 0.1) is 5.41 Å². The molecule has 0 aromatic heterocycles. The van der Waals surface area contributed by atoms with Gasteiger partial charge in [0.25, 0.3) is 0 Å². The lowest BCUT2D eigenvalue weighted by atomic mass is 9.93. The Labute approximate surface area is 117 Å². The Balaban J connectivity index is 3.07. The number of nitrogens with two attached hydrogens (primary N) is 2. The molecule has 0 aliphatic rings. The molecule has 20 heavy (non-hydrogen) atoms. The molecule has 5 N–H and O–H groups in total. The van der Waals surface area contributed by atoms with Crippen LogP contribution in [0.3, 0.4) is 0 Å². The van der Waals surface area contributed by atoms with Crippen LogP contribution in [-0.4, -0.2) is 20.9 Å². The van der Waals surface area contributed by atoms with Crippen molar-refractivity contribution in [3.05, 3.63) is 23.5 Å². The number of sulfonamides is 1. The third-order valence-corrected chi connectivity index (χ3v) is 4.40. The molecule has 0 fully saturated rings. The molecule has 1 aromatic carbocycles. The molecule has 112 valence electrons. The number of hydrogen-bond donors (Lipinski definition) is 3. The van der Waals surface area contributed by atoms with Crippen molar-refractivity contribution in [1.82, 2.24) is 4.72 Å². The quantitative estimate of drug-likeness (QED) is 0.687. The van der Waals surface area contributed by atoms with Crippen molar-refractivity contribution < 1.29 is 17.6 Å². The Morgan fingerprint density at radius 3 is 2.45 bits per heavy atom. The summed E-state index contributed by atoms with van der Waals surface area (Å²) in [5.41, 5.74) is 10.3. The highest BCUT2D eigenvalue weighted by Gasteiger charge is 2.28. The van der Waals surface area contributed by atoms with Gasteiger partial charge in [0.2, 0.25) is 15.9 Å². The fourth-order valence-corrected chi connectivity index (χ4v) is 2.62. The van der Waals surface area contributed by atoms with Gasteiger partial charge in [-0.3, -0.25) is 4.79 Å². The molecule has 0 saturated heterocycles. The first-order valence-electron chi connectivity index (χ1n) is 5.82. The van der Waals surface area contributed by atoms with Crippen LogP contribution in [-0.2, 0) is 14.8 Å². The summed E-state index contributed by atoms with van der Waals surface area (Å²) in [6.45, 7) is 4.30. The van der Waals surface area contributed by atoms with Gasteiger partial charge >= 0.3 is 0 Å². The van der Waals surface area contributed by atoms with Gasteiger partial charge in [0.1, 0.15) is 10.7 Å². The van der Waals surface area contributed by atoms with Crippen molar-refractivity contribution in [2.45, 2.75) is 25.7 Å². The molecular weight excluding hydrogens is 285 g/mol. The number of halogens is 1. The van der Waals surface area contributed by atoms with Crippen LogP contribution in [0.25, 0.3) is 0 Å². The molecule has 0 atom stereocenters. The highest BCUT2D eigenvalue weighted by atomic mass is 32.2. The summed E-state index contributed by atoms with van der Waals surface area (Å²) >= 11 is 0. The van der Waals surface area contributed by atoms with Crippen LogP contribution in [0.2, 0.25) is 0 Å². The summed E-state index contributed by atoms with van der Waals surface area (Å²) in [5.74, 6) is -1.56. The van der Waals surface area contributed by atoms with Gasteiger partial charge < -0.3 is 11.5 Å². The highest BCUT2D eigenvalue weighted by Crippen LogP contribution is 2.22. The Kier molecular flexibility index (Phi) is 4.40. The summed E-state index contributed by atoms with van der Waals surface area (Å²) in [4.78, 5) is 10.6. The van der Waals surface area contributed by atoms with Crippen molar-refractivity contribution in [2.24, 2.45) is 11.1 Å². The number of carbonyl (C=O) groups is 1. The van der Waals surface area contributed by atoms with Crippen molar-refractivity contribution in [3.63, 3.8) is 0 Å². The normalized spacial score (nSPS) is 12.4. The molecule has 0 saturated carbocycles. The lowest BCUT2D eigenvalue weighted by Crippen LogP contribution is -2.42. The Hall–Kier alpha value is -1.67. The van der Waals surface area contributed by atoms with E-state index in [0.29, 0.717) is 5.56 Å². The van der Waals surface area contributed by atoms with E-state index in [9.17, 15) is 17.6 Å². The fraction of sp³-hybridized carbons (Fsp3) is 0.417. The molecule has 1 rings (SSSR count). The summed E-state index contributed by atoms with van der Waals surface area (Å²) in [6.07, 6.45) is 0. The molecule has 1 amide bonds. The number of primary amides is 1. The first-order valence-corrected chi connectivity index (χ1v) is 7.31. The van der Waals surface area contributed by atoms with Crippen molar-refractivity contribution in [3.8, 4) is 0 Å². The van der Waals surface area contributed by atoms with E-state index in [4.69, 9.17) is 11.5 Å². The number of hydrogen-bond acceptors (Lipinski definition) is 4. The van der Waals surface area contributed by atoms with E-state index in [0.717, 1.165) is 12.1 Å². The zero-order chi connectivity index (χ0) is 15.7. The Morgan fingerprint density at radius 1 is 1.40 bits per heavy atom. The average molecular weight is 303 g/mol. The van der Waals surface area contributed by atoms with Gasteiger partial charge in [-0.2, -0.15) is 0 Å². The number of amides is 1. The van der Waals surface area contributed by atoms with Gasteiger partial charge in [-0.25, -0.2) is 17.5 Å². The Morgan fingerprint density at radius 2 is 1.95 bits per heavy atom. The van der Waals surface area contributed by atoms with E-state index in [1.54, 1.807) is 6.92 Å². The minimum atomic E-state index is -4.11. The maximum Gasteiger partial charge on any atom is 0.243 e. The molecular formula is C12H18FN3O3S. The fourth-order valence-electron chi connectivity index (χ4n) is 1.31. The third-order valence-electron chi connectivity index (χ3n) is 2.98. The number of aryl methyl sites for hydroxylation is 1. The van der Waals surface area contributed by atoms with Crippen molar-refractivity contribution in [2.75, 3.05) is 12.3 Å². The molecule has 0 bridgehead atoms. The molecule has 0 heterocycles. The van der Waals surface area contributed by atoms with Crippen LogP contribution in [0.5, 0.6) is 0 Å². The van der Waals surface area contributed by atoms with Gasteiger partial charge in [0, 0.05) is 12.2 Å². The predicted molar refractivity (Wildman–Crippen MR) is 73.7 cm³/mol. The Bertz CT molecular complexity index is 642. The van der Waals surface area contributed by atoms with Crippen LogP contribution in [0.15, 0.2) is 17.0 Å². The van der Waals surface area contributed by atoms with Crippen molar-refractivity contribution in [1.29, 1.82) is 0 Å². The van der Waals surface area contributed by atoms with E-state index < -0.39 is 32.1 Å². The van der Waals surface area contributed by atoms with Crippen LogP contribution < -0.4 is 16.2 Å². The lowest BCUT2D eigenvalue weighted by Gasteiger charge is -2.21. The second-order valence-corrected chi connectivity index (χ2v) is 6.95. The van der Waals surface area contributed by atoms with Crippen LogP contribution in [0, 0.1) is 18.2 Å². The maximum atomic E-state index is 13.7. The van der Waals surface area contributed by atoms with Crippen LogP contribution in [0.1, 0.15) is 19.4 Å². The second kappa shape index (κ2) is 5.37. The summed E-state index contributed by atoms with van der Waals surface area (Å²) < 4.78 is 40.0.